The van der Waals surface area contributed by atoms with Crippen molar-refractivity contribution in [1.82, 2.24) is 10.2 Å². The number of amides is 2. The van der Waals surface area contributed by atoms with Crippen LogP contribution in [0.2, 0.25) is 0 Å². The molecule has 0 aliphatic heterocycles. The highest BCUT2D eigenvalue weighted by Crippen LogP contribution is 2.31. The predicted molar refractivity (Wildman–Crippen MR) is 193 cm³/mol. The van der Waals surface area contributed by atoms with E-state index < -0.39 is 28.5 Å². The standard InChI is InChI=1S/C36H39Br2N3O5S/c1-4-5-20-39-36(43)33(22-27-10-7-6-8-11-27)40(24-28-12-9-13-29(37)21-28)35(42)25-41(30-16-14-26(2)15-17-30)47(44,45)31-18-19-34(46-3)32(38)23-31/h6-19,21,23,33H,4-5,20,22,24-25H2,1-3H3,(H,39,43)/t33-/m1/s1. The van der Waals surface area contributed by atoms with Crippen molar-refractivity contribution < 1.29 is 22.7 Å². The second-order valence-electron chi connectivity index (χ2n) is 11.1. The van der Waals surface area contributed by atoms with Crippen LogP contribution in [0.3, 0.4) is 0 Å². The van der Waals surface area contributed by atoms with Gasteiger partial charge in [-0.05, 0) is 82.9 Å². The molecule has 0 aliphatic rings. The molecule has 47 heavy (non-hydrogen) atoms. The minimum atomic E-state index is -4.25. The SMILES string of the molecule is CCCCNC(=O)[C@@H](Cc1ccccc1)N(Cc1cccc(Br)c1)C(=O)CN(c1ccc(C)cc1)S(=O)(=O)c1ccc(OC)c(Br)c1. The van der Waals surface area contributed by atoms with Crippen LogP contribution in [-0.4, -0.2) is 51.4 Å². The van der Waals surface area contributed by atoms with Gasteiger partial charge in [0.2, 0.25) is 11.8 Å². The third-order valence-corrected chi connectivity index (χ3v) is 10.5. The van der Waals surface area contributed by atoms with Crippen LogP contribution in [0.25, 0.3) is 0 Å². The summed E-state index contributed by atoms with van der Waals surface area (Å²) in [6.07, 6.45) is 1.94. The first-order valence-electron chi connectivity index (χ1n) is 15.3. The van der Waals surface area contributed by atoms with Gasteiger partial charge in [0, 0.05) is 24.0 Å². The minimum Gasteiger partial charge on any atom is -0.496 e. The number of aryl methyl sites for hydroxylation is 1. The Labute approximate surface area is 294 Å². The molecule has 0 saturated heterocycles. The number of sulfonamides is 1. The van der Waals surface area contributed by atoms with Gasteiger partial charge < -0.3 is 15.0 Å². The number of carbonyl (C=O) groups is 2. The highest BCUT2D eigenvalue weighted by molar-refractivity contribution is 9.10. The Morgan fingerprint density at radius 1 is 0.894 bits per heavy atom. The van der Waals surface area contributed by atoms with Crippen molar-refractivity contribution in [3.63, 3.8) is 0 Å². The van der Waals surface area contributed by atoms with E-state index in [1.807, 2.05) is 68.4 Å². The molecule has 1 N–H and O–H groups in total. The molecule has 2 amide bonds. The highest BCUT2D eigenvalue weighted by Gasteiger charge is 2.35. The summed E-state index contributed by atoms with van der Waals surface area (Å²) in [5, 5.41) is 3.01. The van der Waals surface area contributed by atoms with Crippen molar-refractivity contribution in [2.45, 2.75) is 50.6 Å². The Balaban J connectivity index is 1.80. The molecule has 8 nitrogen and oxygen atoms in total. The zero-order chi connectivity index (χ0) is 34.0. The first kappa shape index (κ1) is 36.2. The average Bonchev–Trinajstić information content (AvgIpc) is 3.06. The Hall–Kier alpha value is -3.67. The number of unbranched alkanes of at least 4 members (excludes halogenated alkanes) is 1. The van der Waals surface area contributed by atoms with Crippen molar-refractivity contribution >= 4 is 59.4 Å². The van der Waals surface area contributed by atoms with Crippen molar-refractivity contribution in [2.75, 3.05) is 24.5 Å². The van der Waals surface area contributed by atoms with Crippen molar-refractivity contribution in [2.24, 2.45) is 0 Å². The van der Waals surface area contributed by atoms with Gasteiger partial charge in [-0.1, -0.05) is 89.4 Å². The lowest BCUT2D eigenvalue weighted by molar-refractivity contribution is -0.140. The summed E-state index contributed by atoms with van der Waals surface area (Å²) in [5.41, 5.74) is 2.93. The Morgan fingerprint density at radius 3 is 2.23 bits per heavy atom. The summed E-state index contributed by atoms with van der Waals surface area (Å²) in [7, 11) is -2.76. The van der Waals surface area contributed by atoms with Crippen molar-refractivity contribution in [3.05, 3.63) is 123 Å². The van der Waals surface area contributed by atoms with Crippen molar-refractivity contribution in [3.8, 4) is 5.75 Å². The van der Waals surface area contributed by atoms with E-state index in [0.29, 0.717) is 22.5 Å². The summed E-state index contributed by atoms with van der Waals surface area (Å²) in [6.45, 7) is 3.97. The van der Waals surface area contributed by atoms with Gasteiger partial charge in [0.05, 0.1) is 22.2 Å². The summed E-state index contributed by atoms with van der Waals surface area (Å²) in [6, 6.07) is 27.5. The summed E-state index contributed by atoms with van der Waals surface area (Å²) >= 11 is 6.91. The van der Waals surface area contributed by atoms with Crippen LogP contribution >= 0.6 is 31.9 Å². The molecular formula is C36H39Br2N3O5S. The lowest BCUT2D eigenvalue weighted by Gasteiger charge is -2.34. The van der Waals surface area contributed by atoms with Crippen molar-refractivity contribution in [1.29, 1.82) is 0 Å². The molecule has 0 bridgehead atoms. The molecule has 0 fully saturated rings. The van der Waals surface area contributed by atoms with Crippen LogP contribution in [0, 0.1) is 6.92 Å². The lowest BCUT2D eigenvalue weighted by Crippen LogP contribution is -2.53. The number of hydrogen-bond donors (Lipinski definition) is 1. The summed E-state index contributed by atoms with van der Waals surface area (Å²) in [5.74, 6) is -0.345. The van der Waals surface area contributed by atoms with Gasteiger partial charge in [-0.3, -0.25) is 13.9 Å². The number of nitrogens with zero attached hydrogens (tertiary/aromatic N) is 2. The fourth-order valence-corrected chi connectivity index (χ4v) is 7.65. The van der Waals surface area contributed by atoms with E-state index in [-0.39, 0.29) is 23.8 Å². The van der Waals surface area contributed by atoms with Crippen LogP contribution in [0.4, 0.5) is 5.69 Å². The molecule has 4 rings (SSSR count). The normalized spacial score (nSPS) is 11.9. The number of nitrogens with one attached hydrogen (secondary N) is 1. The smallest absolute Gasteiger partial charge is 0.264 e. The van der Waals surface area contributed by atoms with E-state index in [1.165, 1.54) is 24.1 Å². The zero-order valence-corrected chi connectivity index (χ0v) is 30.6. The summed E-state index contributed by atoms with van der Waals surface area (Å²) < 4.78 is 36.3. The minimum absolute atomic E-state index is 0.0183. The number of halogens is 2. The topological polar surface area (TPSA) is 96.0 Å². The Bertz CT molecular complexity index is 1770. The highest BCUT2D eigenvalue weighted by atomic mass is 79.9. The zero-order valence-electron chi connectivity index (χ0n) is 26.7. The number of hydrogen-bond acceptors (Lipinski definition) is 5. The maximum atomic E-state index is 14.6. The quantitative estimate of drug-likeness (QED) is 0.128. The second-order valence-corrected chi connectivity index (χ2v) is 14.8. The predicted octanol–water partition coefficient (Wildman–Crippen LogP) is 7.28. The van der Waals surface area contributed by atoms with E-state index in [4.69, 9.17) is 4.74 Å². The molecule has 4 aromatic carbocycles. The van der Waals surface area contributed by atoms with Gasteiger partial charge in [0.1, 0.15) is 18.3 Å². The Kier molecular flexibility index (Phi) is 13.0. The molecule has 4 aromatic rings. The number of methoxy groups -OCH3 is 1. The largest absolute Gasteiger partial charge is 0.496 e. The average molecular weight is 786 g/mol. The van der Waals surface area contributed by atoms with Crippen LogP contribution in [0.5, 0.6) is 5.75 Å². The van der Waals surface area contributed by atoms with Gasteiger partial charge in [0.25, 0.3) is 10.0 Å². The number of carbonyl (C=O) groups excluding carboxylic acids is 2. The first-order chi connectivity index (χ1) is 22.5. The van der Waals surface area contributed by atoms with E-state index in [2.05, 4.69) is 37.2 Å². The molecule has 0 heterocycles. The molecular weight excluding hydrogens is 746 g/mol. The van der Waals surface area contributed by atoms with Gasteiger partial charge in [0.15, 0.2) is 0 Å². The maximum absolute atomic E-state index is 14.6. The molecule has 0 aromatic heterocycles. The summed E-state index contributed by atoms with van der Waals surface area (Å²) in [4.78, 5) is 29.9. The third kappa shape index (κ3) is 9.68. The number of benzene rings is 4. The molecule has 248 valence electrons. The number of anilines is 1. The molecule has 0 spiro atoms. The van der Waals surface area contributed by atoms with Crippen LogP contribution in [0.1, 0.15) is 36.5 Å². The van der Waals surface area contributed by atoms with E-state index in [1.54, 1.807) is 30.3 Å². The fourth-order valence-electron chi connectivity index (χ4n) is 5.07. The molecule has 0 aliphatic carbocycles. The van der Waals surface area contributed by atoms with Crippen LogP contribution in [-0.2, 0) is 32.6 Å². The molecule has 0 saturated carbocycles. The lowest BCUT2D eigenvalue weighted by atomic mass is 10.0. The van der Waals surface area contributed by atoms with Crippen LogP contribution in [0.15, 0.2) is 111 Å². The van der Waals surface area contributed by atoms with Gasteiger partial charge in [-0.15, -0.1) is 0 Å². The number of ether oxygens (including phenoxy) is 1. The van der Waals surface area contributed by atoms with Gasteiger partial charge >= 0.3 is 0 Å². The third-order valence-electron chi connectivity index (χ3n) is 7.65. The van der Waals surface area contributed by atoms with Gasteiger partial charge in [-0.25, -0.2) is 8.42 Å². The second kappa shape index (κ2) is 16.9. The molecule has 0 unspecified atom stereocenters. The van der Waals surface area contributed by atoms with E-state index in [9.17, 15) is 18.0 Å². The molecule has 1 atom stereocenters. The monoisotopic (exact) mass is 783 g/mol. The first-order valence-corrected chi connectivity index (χ1v) is 18.3. The number of rotatable bonds is 15. The Morgan fingerprint density at radius 2 is 1.60 bits per heavy atom. The van der Waals surface area contributed by atoms with E-state index in [0.717, 1.165) is 38.3 Å². The molecule has 11 heteroatoms. The maximum Gasteiger partial charge on any atom is 0.264 e. The molecule has 0 radical (unpaired) electrons. The fraction of sp³-hybridized carbons (Fsp3) is 0.278. The van der Waals surface area contributed by atoms with Crippen LogP contribution < -0.4 is 14.4 Å². The van der Waals surface area contributed by atoms with E-state index >= 15 is 0 Å². The van der Waals surface area contributed by atoms with Gasteiger partial charge in [-0.2, -0.15) is 0 Å².